The highest BCUT2D eigenvalue weighted by atomic mass is 16.5. The Balaban J connectivity index is 1.63. The zero-order valence-electron chi connectivity index (χ0n) is 16.0. The Hall–Kier alpha value is -3.09. The largest absolute Gasteiger partial charge is 0.493 e. The summed E-state index contributed by atoms with van der Waals surface area (Å²) < 4.78 is 13.2. The molecule has 0 bridgehead atoms. The Morgan fingerprint density at radius 2 is 1.81 bits per heavy atom. The molecule has 0 saturated carbocycles. The topological polar surface area (TPSA) is 74.1 Å². The molecule has 27 heavy (non-hydrogen) atoms. The van der Waals surface area contributed by atoms with Crippen molar-refractivity contribution in [2.75, 3.05) is 12.4 Å². The van der Waals surface area contributed by atoms with Gasteiger partial charge in [-0.1, -0.05) is 47.9 Å². The second-order valence-electron chi connectivity index (χ2n) is 6.34. The molecule has 0 aliphatic carbocycles. The summed E-state index contributed by atoms with van der Waals surface area (Å²) in [5, 5.41) is 15.0. The van der Waals surface area contributed by atoms with Crippen LogP contribution in [0.15, 0.2) is 42.5 Å². The maximum atomic E-state index is 5.93. The fourth-order valence-electron chi connectivity index (χ4n) is 2.66. The third-order valence-electron chi connectivity index (χ3n) is 4.16. The van der Waals surface area contributed by atoms with Crippen LogP contribution in [0.3, 0.4) is 0 Å². The van der Waals surface area contributed by atoms with E-state index in [-0.39, 0.29) is 0 Å². The van der Waals surface area contributed by atoms with Crippen LogP contribution in [-0.4, -0.2) is 27.3 Å². The number of anilines is 1. The number of hydrogen-bond acceptors (Lipinski definition) is 6. The maximum absolute atomic E-state index is 5.93. The molecule has 142 valence electrons. The van der Waals surface area contributed by atoms with Gasteiger partial charge in [-0.15, -0.1) is 0 Å². The molecule has 2 aromatic carbocycles. The summed E-state index contributed by atoms with van der Waals surface area (Å²) in [7, 11) is 1.65. The SMILES string of the molecule is CCCn1nnnc1NCc1ccc(OCc2ccc(C)cc2)c(OC)c1. The van der Waals surface area contributed by atoms with Crippen LogP contribution in [-0.2, 0) is 19.7 Å². The van der Waals surface area contributed by atoms with Crippen molar-refractivity contribution in [2.45, 2.75) is 40.0 Å². The van der Waals surface area contributed by atoms with Crippen LogP contribution in [0.5, 0.6) is 11.5 Å². The van der Waals surface area contributed by atoms with E-state index in [1.54, 1.807) is 11.8 Å². The summed E-state index contributed by atoms with van der Waals surface area (Å²) in [6.07, 6.45) is 0.973. The summed E-state index contributed by atoms with van der Waals surface area (Å²) in [6, 6.07) is 14.2. The molecular formula is C20H25N5O2. The highest BCUT2D eigenvalue weighted by Gasteiger charge is 2.08. The lowest BCUT2D eigenvalue weighted by molar-refractivity contribution is 0.284. The molecule has 0 saturated heterocycles. The van der Waals surface area contributed by atoms with Crippen molar-refractivity contribution in [3.05, 3.63) is 59.2 Å². The number of aryl methyl sites for hydroxylation is 2. The maximum Gasteiger partial charge on any atom is 0.243 e. The molecule has 1 aromatic heterocycles. The first-order valence-corrected chi connectivity index (χ1v) is 9.05. The summed E-state index contributed by atoms with van der Waals surface area (Å²) >= 11 is 0. The lowest BCUT2D eigenvalue weighted by Gasteiger charge is -2.13. The van der Waals surface area contributed by atoms with Gasteiger partial charge in [0.15, 0.2) is 11.5 Å². The molecule has 0 amide bonds. The molecule has 0 spiro atoms. The lowest BCUT2D eigenvalue weighted by Crippen LogP contribution is -2.09. The predicted octanol–water partition coefficient (Wildman–Crippen LogP) is 3.59. The first-order chi connectivity index (χ1) is 13.2. The monoisotopic (exact) mass is 367 g/mol. The van der Waals surface area contributed by atoms with Crippen molar-refractivity contribution >= 4 is 5.95 Å². The lowest BCUT2D eigenvalue weighted by atomic mass is 10.1. The second-order valence-corrected chi connectivity index (χ2v) is 6.34. The number of ether oxygens (including phenoxy) is 2. The average Bonchev–Trinajstić information content (AvgIpc) is 3.13. The van der Waals surface area contributed by atoms with Crippen molar-refractivity contribution in [3.8, 4) is 11.5 Å². The normalized spacial score (nSPS) is 10.6. The van der Waals surface area contributed by atoms with E-state index in [4.69, 9.17) is 9.47 Å². The van der Waals surface area contributed by atoms with Gasteiger partial charge in [-0.2, -0.15) is 0 Å². The first-order valence-electron chi connectivity index (χ1n) is 9.05. The molecule has 1 heterocycles. The van der Waals surface area contributed by atoms with Crippen LogP contribution >= 0.6 is 0 Å². The predicted molar refractivity (Wildman–Crippen MR) is 104 cm³/mol. The molecule has 1 N–H and O–H groups in total. The van der Waals surface area contributed by atoms with Crippen molar-refractivity contribution < 1.29 is 9.47 Å². The Kier molecular flexibility index (Phi) is 6.25. The van der Waals surface area contributed by atoms with Crippen LogP contribution < -0.4 is 14.8 Å². The summed E-state index contributed by atoms with van der Waals surface area (Å²) in [4.78, 5) is 0. The van der Waals surface area contributed by atoms with E-state index in [0.717, 1.165) is 29.8 Å². The van der Waals surface area contributed by atoms with Gasteiger partial charge in [-0.05, 0) is 47.0 Å². The molecule has 0 aliphatic rings. The number of methoxy groups -OCH3 is 1. The molecule has 3 rings (SSSR count). The van der Waals surface area contributed by atoms with Crippen LogP contribution in [0.1, 0.15) is 30.0 Å². The zero-order chi connectivity index (χ0) is 19.1. The van der Waals surface area contributed by atoms with E-state index >= 15 is 0 Å². The quantitative estimate of drug-likeness (QED) is 0.623. The van der Waals surface area contributed by atoms with Gasteiger partial charge >= 0.3 is 0 Å². The van der Waals surface area contributed by atoms with Crippen molar-refractivity contribution in [1.82, 2.24) is 20.2 Å². The van der Waals surface area contributed by atoms with Crippen molar-refractivity contribution in [1.29, 1.82) is 0 Å². The van der Waals surface area contributed by atoms with Crippen LogP contribution in [0.25, 0.3) is 0 Å². The second kappa shape index (κ2) is 9.02. The summed E-state index contributed by atoms with van der Waals surface area (Å²) in [6.45, 7) is 6.04. The molecule has 0 fully saturated rings. The highest BCUT2D eigenvalue weighted by Crippen LogP contribution is 2.29. The van der Waals surface area contributed by atoms with E-state index in [1.807, 2.05) is 18.2 Å². The van der Waals surface area contributed by atoms with Crippen molar-refractivity contribution in [3.63, 3.8) is 0 Å². The number of nitrogens with one attached hydrogen (secondary N) is 1. The zero-order valence-corrected chi connectivity index (χ0v) is 16.0. The molecule has 0 aliphatic heterocycles. The molecular weight excluding hydrogens is 342 g/mol. The van der Waals surface area contributed by atoms with Crippen molar-refractivity contribution in [2.24, 2.45) is 0 Å². The minimum absolute atomic E-state index is 0.500. The first kappa shape index (κ1) is 18.7. The fraction of sp³-hybridized carbons (Fsp3) is 0.350. The number of tetrazole rings is 1. The molecule has 7 nitrogen and oxygen atoms in total. The fourth-order valence-corrected chi connectivity index (χ4v) is 2.66. The minimum atomic E-state index is 0.500. The van der Waals surface area contributed by atoms with E-state index in [2.05, 4.69) is 59.0 Å². The molecule has 7 heteroatoms. The van der Waals surface area contributed by atoms with E-state index < -0.39 is 0 Å². The Bertz CT molecular complexity index is 861. The van der Waals surface area contributed by atoms with Gasteiger partial charge in [0.05, 0.1) is 7.11 Å². The van der Waals surface area contributed by atoms with Gasteiger partial charge in [0.2, 0.25) is 5.95 Å². The van der Waals surface area contributed by atoms with Crippen LogP contribution in [0.2, 0.25) is 0 Å². The molecule has 0 unspecified atom stereocenters. The van der Waals surface area contributed by atoms with Crippen LogP contribution in [0.4, 0.5) is 5.95 Å². The van der Waals surface area contributed by atoms with Gasteiger partial charge in [0.25, 0.3) is 0 Å². The molecule has 0 atom stereocenters. The van der Waals surface area contributed by atoms with E-state index in [0.29, 0.717) is 24.8 Å². The number of aromatic nitrogens is 4. The standard InChI is InChI=1S/C20H25N5O2/c1-4-11-25-20(22-23-24-25)21-13-17-9-10-18(19(12-17)26-3)27-14-16-7-5-15(2)6-8-16/h5-10,12H,4,11,13-14H2,1-3H3,(H,21,22,24). The van der Waals surface area contributed by atoms with Gasteiger partial charge in [0, 0.05) is 13.1 Å². The van der Waals surface area contributed by atoms with E-state index in [9.17, 15) is 0 Å². The van der Waals surface area contributed by atoms with Gasteiger partial charge in [-0.3, -0.25) is 0 Å². The minimum Gasteiger partial charge on any atom is -0.493 e. The van der Waals surface area contributed by atoms with Crippen LogP contribution in [0, 0.1) is 6.92 Å². The van der Waals surface area contributed by atoms with Gasteiger partial charge in [0.1, 0.15) is 6.61 Å². The van der Waals surface area contributed by atoms with Gasteiger partial charge in [-0.25, -0.2) is 4.68 Å². The summed E-state index contributed by atoms with van der Waals surface area (Å²) in [5.41, 5.74) is 3.41. The summed E-state index contributed by atoms with van der Waals surface area (Å²) in [5.74, 6) is 2.09. The Morgan fingerprint density at radius 1 is 1.04 bits per heavy atom. The number of hydrogen-bond donors (Lipinski definition) is 1. The number of benzene rings is 2. The third-order valence-corrected chi connectivity index (χ3v) is 4.16. The Labute approximate surface area is 159 Å². The smallest absolute Gasteiger partial charge is 0.243 e. The third kappa shape index (κ3) is 4.97. The number of rotatable bonds is 9. The highest BCUT2D eigenvalue weighted by molar-refractivity contribution is 5.44. The molecule has 3 aromatic rings. The Morgan fingerprint density at radius 3 is 2.56 bits per heavy atom. The number of nitrogens with zero attached hydrogens (tertiary/aromatic N) is 4. The average molecular weight is 367 g/mol. The van der Waals surface area contributed by atoms with E-state index in [1.165, 1.54) is 5.56 Å². The van der Waals surface area contributed by atoms with Gasteiger partial charge < -0.3 is 14.8 Å². The molecule has 0 radical (unpaired) electrons.